The van der Waals surface area contributed by atoms with E-state index >= 15 is 0 Å². The van der Waals surface area contributed by atoms with Crippen molar-refractivity contribution in [3.63, 3.8) is 0 Å². The lowest BCUT2D eigenvalue weighted by Gasteiger charge is -2.12. The molecule has 0 aliphatic carbocycles. The fourth-order valence-corrected chi connectivity index (χ4v) is 4.54. The van der Waals surface area contributed by atoms with Gasteiger partial charge in [0.2, 0.25) is 10.0 Å². The number of rotatable bonds is 7. The van der Waals surface area contributed by atoms with Crippen molar-refractivity contribution in [3.05, 3.63) is 84.4 Å². The molecule has 1 aromatic heterocycles. The minimum absolute atomic E-state index is 0.272. The molecule has 0 bridgehead atoms. The molecular weight excluding hydrogens is 394 g/mol. The van der Waals surface area contributed by atoms with E-state index in [1.807, 2.05) is 66.7 Å². The average molecular weight is 420 g/mol. The first-order chi connectivity index (χ1) is 14.5. The van der Waals surface area contributed by atoms with E-state index in [0.29, 0.717) is 12.5 Å². The number of hydrogen-bond acceptors (Lipinski definition) is 3. The van der Waals surface area contributed by atoms with Gasteiger partial charge in [0.25, 0.3) is 0 Å². The Morgan fingerprint density at radius 1 is 0.900 bits per heavy atom. The van der Waals surface area contributed by atoms with E-state index in [-0.39, 0.29) is 11.4 Å². The molecule has 0 aliphatic heterocycles. The molecule has 6 heteroatoms. The zero-order valence-corrected chi connectivity index (χ0v) is 17.9. The number of nitrogens with one attached hydrogen (secondary N) is 1. The molecule has 4 rings (SSSR count). The normalized spacial score (nSPS) is 12.0. The van der Waals surface area contributed by atoms with Gasteiger partial charge in [-0.1, -0.05) is 68.4 Å². The lowest BCUT2D eigenvalue weighted by atomic mass is 10.0. The Morgan fingerprint density at radius 2 is 1.57 bits per heavy atom. The zero-order valence-electron chi connectivity index (χ0n) is 17.1. The van der Waals surface area contributed by atoms with Crippen molar-refractivity contribution in [1.82, 2.24) is 14.3 Å². The molecule has 154 valence electrons. The number of benzene rings is 3. The van der Waals surface area contributed by atoms with Crippen molar-refractivity contribution >= 4 is 21.1 Å². The third kappa shape index (κ3) is 4.15. The van der Waals surface area contributed by atoms with E-state index in [1.165, 1.54) is 0 Å². The van der Waals surface area contributed by atoms with Gasteiger partial charge in [0.1, 0.15) is 5.82 Å². The Kier molecular flexibility index (Phi) is 5.70. The molecule has 0 amide bonds. The SMILES string of the molecule is CC(C)c1ccc(S(=O)(=O)NCCn2c(-c3ccccc3)nc3ccccc32)cc1. The highest BCUT2D eigenvalue weighted by Gasteiger charge is 2.16. The quantitative estimate of drug-likeness (QED) is 0.468. The van der Waals surface area contributed by atoms with Crippen molar-refractivity contribution in [1.29, 1.82) is 0 Å². The van der Waals surface area contributed by atoms with Crippen LogP contribution in [0.3, 0.4) is 0 Å². The number of fused-ring (bicyclic) bond motifs is 1. The molecule has 0 atom stereocenters. The number of sulfonamides is 1. The van der Waals surface area contributed by atoms with Crippen molar-refractivity contribution in [2.75, 3.05) is 6.54 Å². The summed E-state index contributed by atoms with van der Waals surface area (Å²) >= 11 is 0. The largest absolute Gasteiger partial charge is 0.323 e. The first-order valence-electron chi connectivity index (χ1n) is 10.1. The van der Waals surface area contributed by atoms with Gasteiger partial charge in [-0.25, -0.2) is 18.1 Å². The van der Waals surface area contributed by atoms with Gasteiger partial charge in [0, 0.05) is 18.7 Å². The van der Waals surface area contributed by atoms with Crippen molar-refractivity contribution in [3.8, 4) is 11.4 Å². The second-order valence-corrected chi connectivity index (χ2v) is 9.33. The van der Waals surface area contributed by atoms with E-state index in [4.69, 9.17) is 4.98 Å². The summed E-state index contributed by atoms with van der Waals surface area (Å²) in [5.41, 5.74) is 3.99. The Bertz CT molecular complexity index is 1240. The lowest BCUT2D eigenvalue weighted by Crippen LogP contribution is -2.27. The van der Waals surface area contributed by atoms with Crippen LogP contribution in [0.4, 0.5) is 0 Å². The monoisotopic (exact) mass is 419 g/mol. The van der Waals surface area contributed by atoms with Crippen LogP contribution in [0.25, 0.3) is 22.4 Å². The first-order valence-corrected chi connectivity index (χ1v) is 11.5. The minimum atomic E-state index is -3.57. The van der Waals surface area contributed by atoms with Crippen LogP contribution in [0.15, 0.2) is 83.8 Å². The zero-order chi connectivity index (χ0) is 21.1. The first kappa shape index (κ1) is 20.3. The Morgan fingerprint density at radius 3 is 2.27 bits per heavy atom. The van der Waals surface area contributed by atoms with Gasteiger partial charge in [-0.05, 0) is 35.7 Å². The molecule has 1 heterocycles. The Balaban J connectivity index is 1.56. The summed E-state index contributed by atoms with van der Waals surface area (Å²) < 4.78 is 30.2. The van der Waals surface area contributed by atoms with E-state index in [9.17, 15) is 8.42 Å². The van der Waals surface area contributed by atoms with Crippen LogP contribution in [0.2, 0.25) is 0 Å². The van der Waals surface area contributed by atoms with Crippen LogP contribution in [0, 0.1) is 0 Å². The van der Waals surface area contributed by atoms with Crippen LogP contribution in [0.5, 0.6) is 0 Å². The summed E-state index contributed by atoms with van der Waals surface area (Å²) in [4.78, 5) is 5.05. The van der Waals surface area contributed by atoms with Crippen LogP contribution < -0.4 is 4.72 Å². The van der Waals surface area contributed by atoms with Crippen molar-refractivity contribution in [2.24, 2.45) is 0 Å². The molecule has 0 aliphatic rings. The highest BCUT2D eigenvalue weighted by atomic mass is 32.2. The second-order valence-electron chi connectivity index (χ2n) is 7.56. The Hall–Kier alpha value is -2.96. The average Bonchev–Trinajstić information content (AvgIpc) is 3.13. The maximum Gasteiger partial charge on any atom is 0.240 e. The van der Waals surface area contributed by atoms with Crippen molar-refractivity contribution < 1.29 is 8.42 Å². The maximum atomic E-state index is 12.7. The van der Waals surface area contributed by atoms with Crippen LogP contribution in [-0.4, -0.2) is 24.5 Å². The number of hydrogen-bond donors (Lipinski definition) is 1. The molecular formula is C24H25N3O2S. The van der Waals surface area contributed by atoms with Crippen LogP contribution >= 0.6 is 0 Å². The summed E-state index contributed by atoms with van der Waals surface area (Å²) in [5, 5.41) is 0. The van der Waals surface area contributed by atoms with Crippen LogP contribution in [-0.2, 0) is 16.6 Å². The third-order valence-corrected chi connectivity index (χ3v) is 6.65. The fraction of sp³-hybridized carbons (Fsp3) is 0.208. The molecule has 0 fully saturated rings. The van der Waals surface area contributed by atoms with E-state index < -0.39 is 10.0 Å². The summed E-state index contributed by atoms with van der Waals surface area (Å²) in [6.45, 7) is 4.92. The standard InChI is InChI=1S/C24H25N3O2S/c1-18(2)19-12-14-21(15-13-19)30(28,29)25-16-17-27-23-11-7-6-10-22(23)26-24(27)20-8-4-3-5-9-20/h3-15,18,25H,16-17H2,1-2H3. The van der Waals surface area contributed by atoms with Gasteiger partial charge in [-0.15, -0.1) is 0 Å². The third-order valence-electron chi connectivity index (χ3n) is 5.17. The number of imidazole rings is 1. The summed E-state index contributed by atoms with van der Waals surface area (Å²) in [7, 11) is -3.57. The minimum Gasteiger partial charge on any atom is -0.323 e. The molecule has 4 aromatic rings. The molecule has 0 radical (unpaired) electrons. The van der Waals surface area contributed by atoms with E-state index in [2.05, 4.69) is 23.1 Å². The summed E-state index contributed by atoms with van der Waals surface area (Å²) in [6, 6.07) is 24.9. The van der Waals surface area contributed by atoms with E-state index in [0.717, 1.165) is 28.0 Å². The van der Waals surface area contributed by atoms with Gasteiger partial charge in [0.05, 0.1) is 15.9 Å². The highest BCUT2D eigenvalue weighted by Crippen LogP contribution is 2.24. The lowest BCUT2D eigenvalue weighted by molar-refractivity contribution is 0.574. The van der Waals surface area contributed by atoms with Gasteiger partial charge in [-0.3, -0.25) is 0 Å². The number of para-hydroxylation sites is 2. The molecule has 0 unspecified atom stereocenters. The Labute approximate surface area is 177 Å². The highest BCUT2D eigenvalue weighted by molar-refractivity contribution is 7.89. The molecule has 0 saturated heterocycles. The predicted molar refractivity (Wildman–Crippen MR) is 121 cm³/mol. The van der Waals surface area contributed by atoms with E-state index in [1.54, 1.807) is 12.1 Å². The number of nitrogens with zero attached hydrogens (tertiary/aromatic N) is 2. The van der Waals surface area contributed by atoms with Gasteiger partial charge in [-0.2, -0.15) is 0 Å². The van der Waals surface area contributed by atoms with Gasteiger partial charge in [0.15, 0.2) is 0 Å². The van der Waals surface area contributed by atoms with Gasteiger partial charge >= 0.3 is 0 Å². The smallest absolute Gasteiger partial charge is 0.240 e. The van der Waals surface area contributed by atoms with Crippen molar-refractivity contribution in [2.45, 2.75) is 31.2 Å². The number of aromatic nitrogens is 2. The second kappa shape index (κ2) is 8.42. The summed E-state index contributed by atoms with van der Waals surface area (Å²) in [6.07, 6.45) is 0. The fourth-order valence-electron chi connectivity index (χ4n) is 3.52. The topological polar surface area (TPSA) is 64.0 Å². The summed E-state index contributed by atoms with van der Waals surface area (Å²) in [5.74, 6) is 1.19. The molecule has 0 spiro atoms. The molecule has 0 saturated carbocycles. The molecule has 3 aromatic carbocycles. The molecule has 5 nitrogen and oxygen atoms in total. The molecule has 1 N–H and O–H groups in total. The van der Waals surface area contributed by atoms with Gasteiger partial charge < -0.3 is 4.57 Å². The predicted octanol–water partition coefficient (Wildman–Crippen LogP) is 4.81. The maximum absolute atomic E-state index is 12.7. The van der Waals surface area contributed by atoms with Crippen LogP contribution in [0.1, 0.15) is 25.3 Å². The molecule has 30 heavy (non-hydrogen) atoms.